The summed E-state index contributed by atoms with van der Waals surface area (Å²) in [7, 11) is -2.37. The van der Waals surface area contributed by atoms with Gasteiger partial charge in [0, 0.05) is 19.3 Å². The molecule has 0 aromatic heterocycles. The summed E-state index contributed by atoms with van der Waals surface area (Å²) >= 11 is 0. The number of hydrogen-bond acceptors (Lipinski definition) is 3. The maximum atomic E-state index is 13.8. The lowest BCUT2D eigenvalue weighted by Crippen LogP contribution is -2.28. The van der Waals surface area contributed by atoms with Crippen molar-refractivity contribution in [2.45, 2.75) is 25.2 Å². The van der Waals surface area contributed by atoms with E-state index in [0.717, 1.165) is 10.4 Å². The van der Waals surface area contributed by atoms with E-state index in [1.165, 1.54) is 20.0 Å². The predicted molar refractivity (Wildman–Crippen MR) is 65.7 cm³/mol. The third-order valence-corrected chi connectivity index (χ3v) is 4.33. The van der Waals surface area contributed by atoms with Crippen molar-refractivity contribution in [1.29, 1.82) is 0 Å². The van der Waals surface area contributed by atoms with Crippen molar-refractivity contribution in [1.82, 2.24) is 4.31 Å². The minimum atomic E-state index is -3.80. The molecule has 17 heavy (non-hydrogen) atoms. The van der Waals surface area contributed by atoms with Crippen LogP contribution in [0.3, 0.4) is 0 Å². The monoisotopic (exact) mass is 260 g/mol. The third-order valence-electron chi connectivity index (χ3n) is 2.47. The highest BCUT2D eigenvalue weighted by Gasteiger charge is 2.25. The third kappa shape index (κ3) is 2.76. The summed E-state index contributed by atoms with van der Waals surface area (Å²) in [5.74, 6) is -0.734. The van der Waals surface area contributed by atoms with Crippen molar-refractivity contribution in [2.24, 2.45) is 0 Å². The summed E-state index contributed by atoms with van der Waals surface area (Å²) < 4.78 is 39.1. The number of nitrogens with zero attached hydrogens (tertiary/aromatic N) is 1. The van der Waals surface area contributed by atoms with Crippen molar-refractivity contribution in [3.05, 3.63) is 23.5 Å². The summed E-state index contributed by atoms with van der Waals surface area (Å²) in [5, 5.41) is 0. The van der Waals surface area contributed by atoms with Crippen LogP contribution in [0.4, 0.5) is 10.1 Å². The second-order valence-electron chi connectivity index (χ2n) is 3.98. The van der Waals surface area contributed by atoms with Gasteiger partial charge in [-0.1, -0.05) is 6.92 Å². The van der Waals surface area contributed by atoms with E-state index in [-0.39, 0.29) is 16.1 Å². The van der Waals surface area contributed by atoms with E-state index in [4.69, 9.17) is 5.73 Å². The Morgan fingerprint density at radius 1 is 1.41 bits per heavy atom. The van der Waals surface area contributed by atoms with E-state index in [1.54, 1.807) is 0 Å². The van der Waals surface area contributed by atoms with Crippen molar-refractivity contribution >= 4 is 15.7 Å². The summed E-state index contributed by atoms with van der Waals surface area (Å²) in [6.45, 7) is 3.69. The summed E-state index contributed by atoms with van der Waals surface area (Å²) in [6, 6.07) is 2.57. The molecule has 1 aromatic rings. The number of rotatable bonds is 4. The quantitative estimate of drug-likeness (QED) is 0.839. The SMILES string of the molecule is CCCN(C)S(=O)(=O)c1cc(N)cc(C)c1F. The highest BCUT2D eigenvalue weighted by atomic mass is 32.2. The zero-order chi connectivity index (χ0) is 13.2. The Bertz CT molecular complexity index is 514. The zero-order valence-corrected chi connectivity index (χ0v) is 11.0. The van der Waals surface area contributed by atoms with Gasteiger partial charge in [-0.2, -0.15) is 0 Å². The molecule has 0 radical (unpaired) electrons. The van der Waals surface area contributed by atoms with Gasteiger partial charge in [0.2, 0.25) is 10.0 Å². The highest BCUT2D eigenvalue weighted by molar-refractivity contribution is 7.89. The first-order chi connectivity index (χ1) is 7.80. The van der Waals surface area contributed by atoms with Gasteiger partial charge in [-0.25, -0.2) is 17.1 Å². The summed E-state index contributed by atoms with van der Waals surface area (Å²) in [6.07, 6.45) is 0.665. The zero-order valence-electron chi connectivity index (χ0n) is 10.2. The smallest absolute Gasteiger partial charge is 0.245 e. The van der Waals surface area contributed by atoms with Crippen LogP contribution >= 0.6 is 0 Å². The predicted octanol–water partition coefficient (Wildman–Crippen LogP) is 1.75. The van der Waals surface area contributed by atoms with Crippen LogP contribution in [0.5, 0.6) is 0 Å². The lowest BCUT2D eigenvalue weighted by Gasteiger charge is -2.17. The maximum Gasteiger partial charge on any atom is 0.245 e. The first-order valence-electron chi connectivity index (χ1n) is 5.32. The van der Waals surface area contributed by atoms with Gasteiger partial charge in [0.05, 0.1) is 0 Å². The molecule has 4 nitrogen and oxygen atoms in total. The standard InChI is InChI=1S/C11H17FN2O2S/c1-4-5-14(3)17(15,16)10-7-9(13)6-8(2)11(10)12/h6-7H,4-5,13H2,1-3H3. The first kappa shape index (κ1) is 13.9. The van der Waals surface area contributed by atoms with E-state index in [9.17, 15) is 12.8 Å². The number of nitrogens with two attached hydrogens (primary N) is 1. The van der Waals surface area contributed by atoms with Crippen molar-refractivity contribution in [3.8, 4) is 0 Å². The van der Waals surface area contributed by atoms with Gasteiger partial charge in [-0.3, -0.25) is 0 Å². The fourth-order valence-corrected chi connectivity index (χ4v) is 2.99. The highest BCUT2D eigenvalue weighted by Crippen LogP contribution is 2.24. The van der Waals surface area contributed by atoms with E-state index in [0.29, 0.717) is 13.0 Å². The molecule has 0 saturated carbocycles. The number of halogens is 1. The number of aryl methyl sites for hydroxylation is 1. The van der Waals surface area contributed by atoms with Crippen LogP contribution in [0.1, 0.15) is 18.9 Å². The molecule has 96 valence electrons. The van der Waals surface area contributed by atoms with Crippen molar-refractivity contribution in [3.63, 3.8) is 0 Å². The summed E-state index contributed by atoms with van der Waals surface area (Å²) in [5.41, 5.74) is 6.02. The fraction of sp³-hybridized carbons (Fsp3) is 0.455. The molecule has 2 N–H and O–H groups in total. The number of anilines is 1. The average molecular weight is 260 g/mol. The molecule has 0 fully saturated rings. The lowest BCUT2D eigenvalue weighted by molar-refractivity contribution is 0.461. The van der Waals surface area contributed by atoms with E-state index >= 15 is 0 Å². The van der Waals surface area contributed by atoms with Gasteiger partial charge in [0.1, 0.15) is 10.7 Å². The molecule has 6 heteroatoms. The van der Waals surface area contributed by atoms with Crippen LogP contribution in [0, 0.1) is 12.7 Å². The second-order valence-corrected chi connectivity index (χ2v) is 5.99. The Kier molecular flexibility index (Phi) is 4.11. The van der Waals surface area contributed by atoms with Crippen LogP contribution in [0.25, 0.3) is 0 Å². The van der Waals surface area contributed by atoms with Gasteiger partial charge in [-0.05, 0) is 31.0 Å². The molecule has 0 atom stereocenters. The van der Waals surface area contributed by atoms with Gasteiger partial charge < -0.3 is 5.73 Å². The van der Waals surface area contributed by atoms with Crippen LogP contribution in [-0.2, 0) is 10.0 Å². The number of hydrogen-bond donors (Lipinski definition) is 1. The number of benzene rings is 1. The van der Waals surface area contributed by atoms with Gasteiger partial charge in [0.25, 0.3) is 0 Å². The normalized spacial score (nSPS) is 12.1. The van der Waals surface area contributed by atoms with Gasteiger partial charge >= 0.3 is 0 Å². The minimum Gasteiger partial charge on any atom is -0.399 e. The van der Waals surface area contributed by atoms with E-state index in [2.05, 4.69) is 0 Å². The average Bonchev–Trinajstić information content (AvgIpc) is 2.23. The Balaban J connectivity index is 3.33. The molecule has 0 aliphatic heterocycles. The Morgan fingerprint density at radius 2 is 2.00 bits per heavy atom. The van der Waals surface area contributed by atoms with Crippen LogP contribution in [-0.4, -0.2) is 26.3 Å². The Morgan fingerprint density at radius 3 is 2.53 bits per heavy atom. The van der Waals surface area contributed by atoms with E-state index < -0.39 is 15.8 Å². The Hall–Kier alpha value is -1.14. The Labute approximate surface area is 101 Å². The molecule has 1 rings (SSSR count). The first-order valence-corrected chi connectivity index (χ1v) is 6.76. The molecule has 0 saturated heterocycles. The molecule has 0 amide bonds. The fourth-order valence-electron chi connectivity index (χ4n) is 1.55. The second kappa shape index (κ2) is 5.01. The molecular formula is C11H17FN2O2S. The number of nitrogen functional groups attached to an aromatic ring is 1. The molecule has 0 aliphatic rings. The van der Waals surface area contributed by atoms with E-state index in [1.807, 2.05) is 6.92 Å². The van der Waals surface area contributed by atoms with Gasteiger partial charge in [0.15, 0.2) is 0 Å². The van der Waals surface area contributed by atoms with Crippen molar-refractivity contribution < 1.29 is 12.8 Å². The molecule has 0 heterocycles. The molecule has 0 aliphatic carbocycles. The topological polar surface area (TPSA) is 63.4 Å². The molecule has 0 bridgehead atoms. The lowest BCUT2D eigenvalue weighted by atomic mass is 10.2. The van der Waals surface area contributed by atoms with Crippen LogP contribution in [0.15, 0.2) is 17.0 Å². The molecule has 0 spiro atoms. The minimum absolute atomic E-state index is 0.230. The van der Waals surface area contributed by atoms with Crippen LogP contribution < -0.4 is 5.73 Å². The molecule has 1 aromatic carbocycles. The van der Waals surface area contributed by atoms with Crippen LogP contribution in [0.2, 0.25) is 0 Å². The van der Waals surface area contributed by atoms with Crippen molar-refractivity contribution in [2.75, 3.05) is 19.3 Å². The number of sulfonamides is 1. The maximum absolute atomic E-state index is 13.8. The molecule has 0 unspecified atom stereocenters. The molecular weight excluding hydrogens is 243 g/mol. The largest absolute Gasteiger partial charge is 0.399 e. The van der Waals surface area contributed by atoms with Gasteiger partial charge in [-0.15, -0.1) is 0 Å². The summed E-state index contributed by atoms with van der Waals surface area (Å²) in [4.78, 5) is -0.356.